The third kappa shape index (κ3) is 4.02. The number of ether oxygens (including phenoxy) is 1. The fraction of sp³-hybridized carbons (Fsp3) is 0.261. The van der Waals surface area contributed by atoms with E-state index in [0.717, 1.165) is 59.8 Å². The number of anilines is 3. The van der Waals surface area contributed by atoms with E-state index in [1.165, 1.54) is 0 Å². The Morgan fingerprint density at radius 2 is 1.78 bits per heavy atom. The summed E-state index contributed by atoms with van der Waals surface area (Å²) < 4.78 is 5.59. The number of piperazine rings is 1. The fourth-order valence-corrected chi connectivity index (χ4v) is 3.80. The van der Waals surface area contributed by atoms with Crippen LogP contribution in [0.5, 0.6) is 5.75 Å². The predicted molar refractivity (Wildman–Crippen MR) is 124 cm³/mol. The molecule has 0 spiro atoms. The summed E-state index contributed by atoms with van der Waals surface area (Å²) in [6.07, 6.45) is 6.98. The van der Waals surface area contributed by atoms with Gasteiger partial charge in [-0.25, -0.2) is 19.9 Å². The van der Waals surface area contributed by atoms with Crippen molar-refractivity contribution >= 4 is 28.4 Å². The maximum Gasteiger partial charge on any atom is 0.162 e. The molecule has 4 aromatic rings. The molecule has 0 atom stereocenters. The molecule has 0 bridgehead atoms. The highest BCUT2D eigenvalue weighted by atomic mass is 16.5. The Labute approximate surface area is 185 Å². The molecule has 0 aliphatic carbocycles. The lowest BCUT2D eigenvalue weighted by molar-refractivity contribution is 0.418. The maximum atomic E-state index is 5.59. The van der Waals surface area contributed by atoms with Crippen molar-refractivity contribution in [2.75, 3.05) is 43.5 Å². The van der Waals surface area contributed by atoms with Crippen LogP contribution in [0.25, 0.3) is 22.3 Å². The molecule has 1 aliphatic rings. The molecule has 5 rings (SSSR count). The van der Waals surface area contributed by atoms with Crippen molar-refractivity contribution < 1.29 is 4.74 Å². The number of aromatic nitrogens is 5. The van der Waals surface area contributed by atoms with Gasteiger partial charge < -0.3 is 20.3 Å². The van der Waals surface area contributed by atoms with Gasteiger partial charge in [-0.3, -0.25) is 4.98 Å². The first-order valence-electron chi connectivity index (χ1n) is 10.5. The van der Waals surface area contributed by atoms with E-state index in [0.29, 0.717) is 17.4 Å². The van der Waals surface area contributed by atoms with Gasteiger partial charge in [0, 0.05) is 44.1 Å². The molecule has 0 saturated carbocycles. The number of nitrogens with zero attached hydrogens (tertiary/aromatic N) is 6. The van der Waals surface area contributed by atoms with Gasteiger partial charge in [0.05, 0.1) is 30.4 Å². The molecule has 1 saturated heterocycles. The van der Waals surface area contributed by atoms with Crippen molar-refractivity contribution in [3.05, 3.63) is 54.6 Å². The van der Waals surface area contributed by atoms with Gasteiger partial charge in [-0.15, -0.1) is 0 Å². The SMILES string of the molecule is COc1cncc2nc(-c3ccnc(Nc4cc(C)ccn4)c3)nc(N3CCNCC3)c12. The van der Waals surface area contributed by atoms with Crippen LogP contribution in [0.15, 0.2) is 49.1 Å². The van der Waals surface area contributed by atoms with Gasteiger partial charge in [-0.2, -0.15) is 0 Å². The number of methoxy groups -OCH3 is 1. The Bertz CT molecular complexity index is 1260. The molecule has 0 amide bonds. The van der Waals surface area contributed by atoms with Crippen molar-refractivity contribution in [2.24, 2.45) is 0 Å². The number of nitrogens with one attached hydrogen (secondary N) is 2. The summed E-state index contributed by atoms with van der Waals surface area (Å²) in [4.78, 5) is 25.1. The fourth-order valence-electron chi connectivity index (χ4n) is 3.80. The third-order valence-electron chi connectivity index (χ3n) is 5.38. The minimum absolute atomic E-state index is 0.615. The van der Waals surface area contributed by atoms with Crippen molar-refractivity contribution in [1.29, 1.82) is 0 Å². The molecule has 0 aromatic carbocycles. The molecule has 9 nitrogen and oxygen atoms in total. The monoisotopic (exact) mass is 428 g/mol. The molecule has 162 valence electrons. The number of rotatable bonds is 5. The van der Waals surface area contributed by atoms with Crippen molar-refractivity contribution in [2.45, 2.75) is 6.92 Å². The van der Waals surface area contributed by atoms with Gasteiger partial charge in [-0.1, -0.05) is 0 Å². The Morgan fingerprint density at radius 3 is 2.56 bits per heavy atom. The van der Waals surface area contributed by atoms with Crippen molar-refractivity contribution in [3.63, 3.8) is 0 Å². The summed E-state index contributed by atoms with van der Waals surface area (Å²) in [5, 5.41) is 7.53. The van der Waals surface area contributed by atoms with Crippen LogP contribution in [0.3, 0.4) is 0 Å². The Morgan fingerprint density at radius 1 is 1.00 bits per heavy atom. The molecule has 1 aliphatic heterocycles. The van der Waals surface area contributed by atoms with E-state index in [1.807, 2.05) is 31.2 Å². The lowest BCUT2D eigenvalue weighted by Crippen LogP contribution is -2.44. The average Bonchev–Trinajstić information content (AvgIpc) is 2.83. The van der Waals surface area contributed by atoms with Crippen LogP contribution in [0.1, 0.15) is 5.56 Å². The summed E-state index contributed by atoms with van der Waals surface area (Å²) in [5.41, 5.74) is 2.73. The van der Waals surface area contributed by atoms with E-state index in [1.54, 1.807) is 31.9 Å². The van der Waals surface area contributed by atoms with E-state index >= 15 is 0 Å². The Balaban J connectivity index is 1.58. The molecular weight excluding hydrogens is 404 g/mol. The highest BCUT2D eigenvalue weighted by Gasteiger charge is 2.20. The number of hydrogen-bond donors (Lipinski definition) is 2. The van der Waals surface area contributed by atoms with Crippen molar-refractivity contribution in [1.82, 2.24) is 30.2 Å². The van der Waals surface area contributed by atoms with Crippen LogP contribution in [0.4, 0.5) is 17.5 Å². The van der Waals surface area contributed by atoms with E-state index in [2.05, 4.69) is 30.5 Å². The number of hydrogen-bond acceptors (Lipinski definition) is 9. The van der Waals surface area contributed by atoms with E-state index in [-0.39, 0.29) is 0 Å². The van der Waals surface area contributed by atoms with Crippen LogP contribution in [0, 0.1) is 6.92 Å². The zero-order valence-corrected chi connectivity index (χ0v) is 18.0. The summed E-state index contributed by atoms with van der Waals surface area (Å²) in [7, 11) is 1.64. The minimum Gasteiger partial charge on any atom is -0.494 e. The highest BCUT2D eigenvalue weighted by Crippen LogP contribution is 2.34. The smallest absolute Gasteiger partial charge is 0.162 e. The predicted octanol–water partition coefficient (Wildman–Crippen LogP) is 2.95. The molecule has 32 heavy (non-hydrogen) atoms. The molecule has 0 unspecified atom stereocenters. The molecule has 9 heteroatoms. The van der Waals surface area contributed by atoms with Crippen LogP contribution in [0.2, 0.25) is 0 Å². The van der Waals surface area contributed by atoms with Crippen molar-refractivity contribution in [3.8, 4) is 17.1 Å². The third-order valence-corrected chi connectivity index (χ3v) is 5.38. The van der Waals surface area contributed by atoms with E-state index in [9.17, 15) is 0 Å². The lowest BCUT2D eigenvalue weighted by Gasteiger charge is -2.29. The van der Waals surface area contributed by atoms with Gasteiger partial charge in [0.25, 0.3) is 0 Å². The number of pyridine rings is 3. The minimum atomic E-state index is 0.615. The first-order chi connectivity index (χ1) is 15.7. The number of fused-ring (bicyclic) bond motifs is 1. The lowest BCUT2D eigenvalue weighted by atomic mass is 10.2. The van der Waals surface area contributed by atoms with Gasteiger partial charge in [0.2, 0.25) is 0 Å². The zero-order chi connectivity index (χ0) is 21.9. The molecule has 4 aromatic heterocycles. The van der Waals surface area contributed by atoms with Gasteiger partial charge in [-0.05, 0) is 36.8 Å². The molecular formula is C23H24N8O. The quantitative estimate of drug-likeness (QED) is 0.497. The summed E-state index contributed by atoms with van der Waals surface area (Å²) in [6.45, 7) is 5.56. The van der Waals surface area contributed by atoms with Gasteiger partial charge >= 0.3 is 0 Å². The first kappa shape index (κ1) is 20.1. The van der Waals surface area contributed by atoms with Crippen LogP contribution in [-0.2, 0) is 0 Å². The van der Waals surface area contributed by atoms with Gasteiger partial charge in [0.1, 0.15) is 23.2 Å². The molecule has 2 N–H and O–H groups in total. The highest BCUT2D eigenvalue weighted by molar-refractivity contribution is 5.95. The Kier molecular flexibility index (Phi) is 5.47. The average molecular weight is 429 g/mol. The largest absolute Gasteiger partial charge is 0.494 e. The van der Waals surface area contributed by atoms with Crippen LogP contribution in [-0.4, -0.2) is 58.2 Å². The van der Waals surface area contributed by atoms with E-state index in [4.69, 9.17) is 14.7 Å². The standard InChI is InChI=1S/C23H24N8O/c1-15-3-5-26-19(11-15)29-20-12-16(4-6-27-20)22-28-17-13-25-14-18(32-2)21(17)23(30-22)31-9-7-24-8-10-31/h3-6,11-14,24H,7-10H2,1-2H3,(H,26,27,29). The zero-order valence-electron chi connectivity index (χ0n) is 18.0. The number of aryl methyl sites for hydroxylation is 1. The topological polar surface area (TPSA) is 101 Å². The van der Waals surface area contributed by atoms with Gasteiger partial charge in [0.15, 0.2) is 5.82 Å². The Hall–Kier alpha value is -3.85. The second-order valence-electron chi connectivity index (χ2n) is 7.62. The maximum absolute atomic E-state index is 5.59. The molecule has 5 heterocycles. The summed E-state index contributed by atoms with van der Waals surface area (Å²) >= 11 is 0. The van der Waals surface area contributed by atoms with Crippen LogP contribution < -0.4 is 20.3 Å². The summed E-state index contributed by atoms with van der Waals surface area (Å²) in [6, 6.07) is 7.77. The van der Waals surface area contributed by atoms with Crippen LogP contribution >= 0.6 is 0 Å². The first-order valence-corrected chi connectivity index (χ1v) is 10.5. The molecule has 1 fully saturated rings. The normalized spacial score (nSPS) is 13.9. The molecule has 0 radical (unpaired) electrons. The summed E-state index contributed by atoms with van der Waals surface area (Å²) in [5.74, 6) is 3.56. The van der Waals surface area contributed by atoms with E-state index < -0.39 is 0 Å². The second kappa shape index (κ2) is 8.72. The second-order valence-corrected chi connectivity index (χ2v) is 7.62.